The van der Waals surface area contributed by atoms with Gasteiger partial charge in [0.15, 0.2) is 6.61 Å². The van der Waals surface area contributed by atoms with Crippen molar-refractivity contribution in [2.45, 2.75) is 30.5 Å². The van der Waals surface area contributed by atoms with E-state index in [4.69, 9.17) is 27.9 Å². The van der Waals surface area contributed by atoms with Crippen LogP contribution in [-0.2, 0) is 30.9 Å². The predicted octanol–water partition coefficient (Wildman–Crippen LogP) is 2.28. The zero-order valence-electron chi connectivity index (χ0n) is 16.0. The van der Waals surface area contributed by atoms with Crippen LogP contribution in [0, 0.1) is 0 Å². The smallest absolute Gasteiger partial charge is 0.327 e. The molecule has 0 bridgehead atoms. The van der Waals surface area contributed by atoms with Gasteiger partial charge in [0.1, 0.15) is 6.04 Å². The lowest BCUT2D eigenvalue weighted by atomic mass is 10.2. The van der Waals surface area contributed by atoms with Gasteiger partial charge in [-0.3, -0.25) is 9.59 Å². The zero-order valence-corrected chi connectivity index (χ0v) is 19.2. The third-order valence-electron chi connectivity index (χ3n) is 3.98. The highest BCUT2D eigenvalue weighted by Gasteiger charge is 2.31. The van der Waals surface area contributed by atoms with Crippen molar-refractivity contribution in [3.8, 4) is 0 Å². The van der Waals surface area contributed by atoms with Crippen LogP contribution in [0.15, 0.2) is 39.9 Å². The molecule has 1 aromatic carbocycles. The third-order valence-corrected chi connectivity index (χ3v) is 6.89. The maximum Gasteiger partial charge on any atom is 0.327 e. The molecule has 2 atom stereocenters. The van der Waals surface area contributed by atoms with Gasteiger partial charge in [-0.05, 0) is 47.5 Å². The molecule has 8 nitrogen and oxygen atoms in total. The van der Waals surface area contributed by atoms with E-state index in [0.717, 1.165) is 11.6 Å². The number of esters is 1. The van der Waals surface area contributed by atoms with Crippen molar-refractivity contribution in [2.24, 2.45) is 0 Å². The molecular formula is C18H20Cl2N2O6S2. The summed E-state index contributed by atoms with van der Waals surface area (Å²) in [5.74, 6) is -1.57. The summed E-state index contributed by atoms with van der Waals surface area (Å²) < 4.78 is 32.1. The first-order chi connectivity index (χ1) is 14.0. The van der Waals surface area contributed by atoms with Crippen LogP contribution < -0.4 is 4.72 Å². The molecule has 0 spiro atoms. The Hall–Kier alpha value is -1.69. The number of sulfonamides is 1. The lowest BCUT2D eigenvalue weighted by Crippen LogP contribution is -2.49. The third kappa shape index (κ3) is 6.66. The van der Waals surface area contributed by atoms with Crippen LogP contribution >= 0.6 is 34.5 Å². The van der Waals surface area contributed by atoms with Crippen molar-refractivity contribution in [3.05, 3.63) is 50.6 Å². The van der Waals surface area contributed by atoms with Crippen molar-refractivity contribution in [1.82, 2.24) is 9.62 Å². The first-order valence-electron chi connectivity index (χ1n) is 8.58. The highest BCUT2D eigenvalue weighted by molar-refractivity contribution is 7.89. The fraction of sp³-hybridized carbons (Fsp3) is 0.333. The Kier molecular flexibility index (Phi) is 8.65. The van der Waals surface area contributed by atoms with E-state index in [9.17, 15) is 23.1 Å². The number of likely N-dealkylation sites (N-methyl/N-ethyl adjacent to an activating group) is 1. The molecule has 0 radical (unpaired) electrons. The lowest BCUT2D eigenvalue weighted by molar-refractivity contribution is -0.155. The number of carbonyl (C=O) groups is 2. The highest BCUT2D eigenvalue weighted by Crippen LogP contribution is 2.25. The SMILES string of the molecule is CC(O)C(NS(=O)(=O)c1ccc(Cl)c(Cl)c1)C(=O)OCC(=O)N(C)Cc1ccsc1. The number of benzene rings is 1. The second kappa shape index (κ2) is 10.6. The highest BCUT2D eigenvalue weighted by atomic mass is 35.5. The normalized spacial score (nSPS) is 13.5. The Labute approximate surface area is 188 Å². The van der Waals surface area contributed by atoms with Crippen LogP contribution in [0.25, 0.3) is 0 Å². The van der Waals surface area contributed by atoms with Crippen molar-refractivity contribution >= 4 is 56.4 Å². The minimum Gasteiger partial charge on any atom is -0.454 e. The topological polar surface area (TPSA) is 113 Å². The van der Waals surface area contributed by atoms with Gasteiger partial charge in [0.05, 0.1) is 21.0 Å². The van der Waals surface area contributed by atoms with Crippen LogP contribution in [0.2, 0.25) is 10.0 Å². The Morgan fingerprint density at radius 2 is 1.97 bits per heavy atom. The van der Waals surface area contributed by atoms with E-state index in [2.05, 4.69) is 4.72 Å². The number of halogens is 2. The van der Waals surface area contributed by atoms with Gasteiger partial charge in [-0.2, -0.15) is 16.1 Å². The number of hydrogen-bond donors (Lipinski definition) is 2. The van der Waals surface area contributed by atoms with E-state index in [1.165, 1.54) is 35.3 Å². The van der Waals surface area contributed by atoms with Gasteiger partial charge in [0.25, 0.3) is 5.91 Å². The molecule has 12 heteroatoms. The van der Waals surface area contributed by atoms with E-state index in [1.807, 2.05) is 16.8 Å². The Bertz CT molecular complexity index is 996. The number of ether oxygens (including phenoxy) is 1. The Morgan fingerprint density at radius 3 is 2.53 bits per heavy atom. The second-order valence-electron chi connectivity index (χ2n) is 6.40. The van der Waals surface area contributed by atoms with Gasteiger partial charge in [0.2, 0.25) is 10.0 Å². The quantitative estimate of drug-likeness (QED) is 0.517. The van der Waals surface area contributed by atoms with Gasteiger partial charge in [0, 0.05) is 13.6 Å². The van der Waals surface area contributed by atoms with Crippen LogP contribution in [0.5, 0.6) is 0 Å². The molecule has 0 aliphatic carbocycles. The predicted molar refractivity (Wildman–Crippen MR) is 114 cm³/mol. The van der Waals surface area contributed by atoms with Gasteiger partial charge in [-0.15, -0.1) is 0 Å². The molecule has 1 aromatic heterocycles. The molecule has 0 saturated carbocycles. The van der Waals surface area contributed by atoms with E-state index < -0.39 is 40.7 Å². The number of aliphatic hydroxyl groups excluding tert-OH is 1. The zero-order chi connectivity index (χ0) is 22.5. The number of rotatable bonds is 9. The molecule has 1 amide bonds. The molecule has 30 heavy (non-hydrogen) atoms. The van der Waals surface area contributed by atoms with E-state index in [-0.39, 0.29) is 14.9 Å². The second-order valence-corrected chi connectivity index (χ2v) is 9.71. The van der Waals surface area contributed by atoms with Crippen LogP contribution in [0.3, 0.4) is 0 Å². The summed E-state index contributed by atoms with van der Waals surface area (Å²) in [5, 5.41) is 13.8. The first kappa shape index (κ1) is 24.6. The van der Waals surface area contributed by atoms with Crippen molar-refractivity contribution in [1.29, 1.82) is 0 Å². The largest absolute Gasteiger partial charge is 0.454 e. The number of carbonyl (C=O) groups excluding carboxylic acids is 2. The van der Waals surface area contributed by atoms with Gasteiger partial charge in [-0.1, -0.05) is 23.2 Å². The monoisotopic (exact) mass is 494 g/mol. The number of hydrogen-bond acceptors (Lipinski definition) is 7. The van der Waals surface area contributed by atoms with E-state index in [1.54, 1.807) is 7.05 Å². The number of nitrogens with one attached hydrogen (secondary N) is 1. The lowest BCUT2D eigenvalue weighted by Gasteiger charge is -2.21. The summed E-state index contributed by atoms with van der Waals surface area (Å²) in [5.41, 5.74) is 0.929. The average molecular weight is 495 g/mol. The molecule has 2 rings (SSSR count). The molecule has 2 aromatic rings. The standard InChI is InChI=1S/C18H20Cl2N2O6S2/c1-11(23)17(21-30(26,27)13-3-4-14(19)15(20)7-13)18(25)28-9-16(24)22(2)8-12-5-6-29-10-12/h3-7,10-11,17,21,23H,8-9H2,1-2H3. The number of nitrogens with zero attached hydrogens (tertiary/aromatic N) is 1. The summed E-state index contributed by atoms with van der Waals surface area (Å²) in [7, 11) is -2.68. The van der Waals surface area contributed by atoms with Crippen LogP contribution in [0.1, 0.15) is 12.5 Å². The molecule has 0 fully saturated rings. The fourth-order valence-corrected chi connectivity index (χ4v) is 4.61. The first-order valence-corrected chi connectivity index (χ1v) is 11.8. The van der Waals surface area contributed by atoms with E-state index >= 15 is 0 Å². The van der Waals surface area contributed by atoms with Crippen molar-refractivity contribution in [3.63, 3.8) is 0 Å². The number of aliphatic hydroxyl groups is 1. The molecule has 2 unspecified atom stereocenters. The molecule has 0 aliphatic rings. The summed E-state index contributed by atoms with van der Waals surface area (Å²) in [4.78, 5) is 25.6. The Balaban J connectivity index is 2.01. The molecule has 0 aliphatic heterocycles. The molecular weight excluding hydrogens is 475 g/mol. The average Bonchev–Trinajstić information content (AvgIpc) is 3.18. The van der Waals surface area contributed by atoms with Crippen LogP contribution in [0.4, 0.5) is 0 Å². The van der Waals surface area contributed by atoms with Crippen molar-refractivity contribution < 1.29 is 27.9 Å². The summed E-state index contributed by atoms with van der Waals surface area (Å²) in [6, 6.07) is 3.83. The van der Waals surface area contributed by atoms with Gasteiger partial charge < -0.3 is 14.7 Å². The van der Waals surface area contributed by atoms with Gasteiger partial charge in [-0.25, -0.2) is 8.42 Å². The Morgan fingerprint density at radius 1 is 1.27 bits per heavy atom. The van der Waals surface area contributed by atoms with Crippen molar-refractivity contribution in [2.75, 3.05) is 13.7 Å². The maximum atomic E-state index is 12.5. The number of thiophene rings is 1. The summed E-state index contributed by atoms with van der Waals surface area (Å²) in [6.07, 6.45) is -1.42. The number of amides is 1. The maximum absolute atomic E-state index is 12.5. The molecule has 164 valence electrons. The molecule has 2 N–H and O–H groups in total. The fourth-order valence-electron chi connectivity index (χ4n) is 2.30. The van der Waals surface area contributed by atoms with Crippen LogP contribution in [-0.4, -0.2) is 56.1 Å². The van der Waals surface area contributed by atoms with Gasteiger partial charge >= 0.3 is 5.97 Å². The van der Waals surface area contributed by atoms with E-state index in [0.29, 0.717) is 6.54 Å². The minimum absolute atomic E-state index is 0.00923. The molecule has 1 heterocycles. The minimum atomic E-state index is -4.23. The summed E-state index contributed by atoms with van der Waals surface area (Å²) >= 11 is 13.1. The summed E-state index contributed by atoms with van der Waals surface area (Å²) in [6.45, 7) is 0.953. The molecule has 0 saturated heterocycles.